The average molecular weight is 275 g/mol. The molecule has 0 saturated heterocycles. The van der Waals surface area contributed by atoms with Crippen molar-refractivity contribution in [2.24, 2.45) is 0 Å². The summed E-state index contributed by atoms with van der Waals surface area (Å²) in [5, 5.41) is 19.3. The Bertz CT molecular complexity index is 647. The molecule has 88 valence electrons. The molecule has 0 spiro atoms. The lowest BCUT2D eigenvalue weighted by molar-refractivity contribution is -0.385. The van der Waals surface area contributed by atoms with Crippen LogP contribution in [0.4, 0.5) is 5.69 Å². The van der Waals surface area contributed by atoms with Crippen molar-refractivity contribution in [2.75, 3.05) is 0 Å². The standard InChI is InChI=1S/C8H3ClN2O5S/c9-17(15,16)7-2-1-5(3-10)8(11(13)14)6(7)4-12/h1-2,4H. The molecule has 0 radical (unpaired) electrons. The minimum absolute atomic E-state index is 0.0196. The lowest BCUT2D eigenvalue weighted by Crippen LogP contribution is -2.04. The minimum atomic E-state index is -4.30. The van der Waals surface area contributed by atoms with Gasteiger partial charge in [0.15, 0.2) is 6.29 Å². The van der Waals surface area contributed by atoms with Gasteiger partial charge in [0.25, 0.3) is 14.7 Å². The number of nitriles is 1. The van der Waals surface area contributed by atoms with Gasteiger partial charge in [0.2, 0.25) is 0 Å². The summed E-state index contributed by atoms with van der Waals surface area (Å²) in [5.41, 5.74) is -2.02. The highest BCUT2D eigenvalue weighted by molar-refractivity contribution is 8.13. The summed E-state index contributed by atoms with van der Waals surface area (Å²) < 4.78 is 22.2. The van der Waals surface area contributed by atoms with Gasteiger partial charge in [-0.05, 0) is 12.1 Å². The van der Waals surface area contributed by atoms with Crippen molar-refractivity contribution in [3.8, 4) is 6.07 Å². The lowest BCUT2D eigenvalue weighted by Gasteiger charge is -2.02. The van der Waals surface area contributed by atoms with E-state index in [0.717, 1.165) is 12.1 Å². The van der Waals surface area contributed by atoms with Gasteiger partial charge in [-0.25, -0.2) is 8.42 Å². The van der Waals surface area contributed by atoms with Crippen LogP contribution in [0, 0.1) is 21.4 Å². The van der Waals surface area contributed by atoms with E-state index in [4.69, 9.17) is 15.9 Å². The van der Waals surface area contributed by atoms with Crippen LogP contribution < -0.4 is 0 Å². The van der Waals surface area contributed by atoms with Crippen LogP contribution >= 0.6 is 10.7 Å². The number of hydrogen-bond donors (Lipinski definition) is 0. The van der Waals surface area contributed by atoms with E-state index in [2.05, 4.69) is 0 Å². The summed E-state index contributed by atoms with van der Waals surface area (Å²) in [7, 11) is 0.723. The van der Waals surface area contributed by atoms with E-state index in [1.54, 1.807) is 0 Å². The quantitative estimate of drug-likeness (QED) is 0.354. The highest BCUT2D eigenvalue weighted by Gasteiger charge is 2.27. The zero-order valence-corrected chi connectivity index (χ0v) is 9.53. The first-order valence-corrected chi connectivity index (χ1v) is 6.25. The fourth-order valence-corrected chi connectivity index (χ4v) is 2.24. The molecule has 0 aliphatic rings. The molecule has 0 saturated carbocycles. The van der Waals surface area contributed by atoms with E-state index in [0.29, 0.717) is 0 Å². The highest BCUT2D eigenvalue weighted by atomic mass is 35.7. The van der Waals surface area contributed by atoms with Crippen LogP contribution in [-0.4, -0.2) is 19.6 Å². The maximum atomic E-state index is 11.1. The Morgan fingerprint density at radius 3 is 2.41 bits per heavy atom. The van der Waals surface area contributed by atoms with Gasteiger partial charge < -0.3 is 0 Å². The Morgan fingerprint density at radius 2 is 2.06 bits per heavy atom. The molecule has 0 aromatic heterocycles. The molecule has 0 unspecified atom stereocenters. The third-order valence-corrected chi connectivity index (χ3v) is 3.24. The van der Waals surface area contributed by atoms with Crippen LogP contribution in [0.1, 0.15) is 15.9 Å². The van der Waals surface area contributed by atoms with Crippen LogP contribution in [0.25, 0.3) is 0 Å². The number of nitro groups is 1. The zero-order chi connectivity index (χ0) is 13.2. The molecule has 0 fully saturated rings. The molecule has 0 aliphatic carbocycles. The number of benzene rings is 1. The highest BCUT2D eigenvalue weighted by Crippen LogP contribution is 2.29. The molecule has 0 N–H and O–H groups in total. The van der Waals surface area contributed by atoms with Crippen LogP contribution in [0.15, 0.2) is 17.0 Å². The van der Waals surface area contributed by atoms with Gasteiger partial charge in [-0.15, -0.1) is 0 Å². The lowest BCUT2D eigenvalue weighted by atomic mass is 10.1. The summed E-state index contributed by atoms with van der Waals surface area (Å²) in [4.78, 5) is 19.7. The van der Waals surface area contributed by atoms with Crippen molar-refractivity contribution in [3.05, 3.63) is 33.4 Å². The Labute approximate surface area is 99.8 Å². The molecular formula is C8H3ClN2O5S. The van der Waals surface area contributed by atoms with Crippen LogP contribution in [0.2, 0.25) is 0 Å². The van der Waals surface area contributed by atoms with Crippen molar-refractivity contribution in [3.63, 3.8) is 0 Å². The smallest absolute Gasteiger partial charge is 0.298 e. The molecule has 0 heterocycles. The van der Waals surface area contributed by atoms with Gasteiger partial charge in [0.1, 0.15) is 17.2 Å². The number of rotatable bonds is 3. The molecule has 0 atom stereocenters. The van der Waals surface area contributed by atoms with Gasteiger partial charge in [0, 0.05) is 10.7 Å². The van der Waals surface area contributed by atoms with Gasteiger partial charge in [-0.3, -0.25) is 14.9 Å². The maximum absolute atomic E-state index is 11.1. The summed E-state index contributed by atoms with van der Waals surface area (Å²) in [5.74, 6) is 0. The first-order chi connectivity index (χ1) is 7.82. The molecule has 1 aromatic rings. The first kappa shape index (κ1) is 13.1. The minimum Gasteiger partial charge on any atom is -0.298 e. The number of halogens is 1. The second-order valence-corrected chi connectivity index (χ2v) is 5.33. The fraction of sp³-hybridized carbons (Fsp3) is 0. The number of hydrogen-bond acceptors (Lipinski definition) is 6. The molecule has 0 aliphatic heterocycles. The first-order valence-electron chi connectivity index (χ1n) is 3.94. The van der Waals surface area contributed by atoms with Crippen molar-refractivity contribution in [2.45, 2.75) is 4.90 Å². The van der Waals surface area contributed by atoms with E-state index < -0.39 is 35.7 Å². The van der Waals surface area contributed by atoms with Gasteiger partial charge >= 0.3 is 0 Å². The van der Waals surface area contributed by atoms with E-state index in [1.807, 2.05) is 0 Å². The van der Waals surface area contributed by atoms with E-state index in [9.17, 15) is 23.3 Å². The summed E-state index contributed by atoms with van der Waals surface area (Å²) in [6.07, 6.45) is -0.0196. The topological polar surface area (TPSA) is 118 Å². The predicted molar refractivity (Wildman–Crippen MR) is 56.2 cm³/mol. The molecule has 17 heavy (non-hydrogen) atoms. The predicted octanol–water partition coefficient (Wildman–Crippen LogP) is 1.21. The summed E-state index contributed by atoms with van der Waals surface area (Å²) in [6, 6.07) is 3.28. The van der Waals surface area contributed by atoms with Crippen LogP contribution in [0.5, 0.6) is 0 Å². The third-order valence-electron chi connectivity index (χ3n) is 1.86. The number of carbonyl (C=O) groups excluding carboxylic acids is 1. The van der Waals surface area contributed by atoms with E-state index >= 15 is 0 Å². The number of nitro benzene ring substituents is 1. The van der Waals surface area contributed by atoms with Crippen molar-refractivity contribution in [1.82, 2.24) is 0 Å². The van der Waals surface area contributed by atoms with Crippen LogP contribution in [-0.2, 0) is 9.05 Å². The van der Waals surface area contributed by atoms with Crippen molar-refractivity contribution < 1.29 is 18.1 Å². The SMILES string of the molecule is N#Cc1ccc(S(=O)(=O)Cl)c(C=O)c1[N+](=O)[O-]. The normalized spacial score (nSPS) is 10.6. The molecule has 7 nitrogen and oxygen atoms in total. The molecular weight excluding hydrogens is 272 g/mol. The van der Waals surface area contributed by atoms with Gasteiger partial charge in [-0.1, -0.05) is 0 Å². The number of aldehydes is 1. The Balaban J connectivity index is 3.85. The molecule has 1 rings (SSSR count). The van der Waals surface area contributed by atoms with Crippen molar-refractivity contribution in [1.29, 1.82) is 5.26 Å². The zero-order valence-electron chi connectivity index (χ0n) is 7.95. The number of carbonyl (C=O) groups is 1. The van der Waals surface area contributed by atoms with E-state index in [1.165, 1.54) is 6.07 Å². The Kier molecular flexibility index (Phi) is 3.45. The Morgan fingerprint density at radius 1 is 1.47 bits per heavy atom. The Hall–Kier alpha value is -1.98. The van der Waals surface area contributed by atoms with Gasteiger partial charge in [-0.2, -0.15) is 5.26 Å². The molecule has 0 bridgehead atoms. The van der Waals surface area contributed by atoms with Crippen LogP contribution in [0.3, 0.4) is 0 Å². The number of nitrogens with zero attached hydrogens (tertiary/aromatic N) is 2. The molecule has 9 heteroatoms. The van der Waals surface area contributed by atoms with E-state index in [-0.39, 0.29) is 6.29 Å². The molecule has 0 amide bonds. The van der Waals surface area contributed by atoms with Crippen molar-refractivity contribution >= 4 is 31.7 Å². The largest absolute Gasteiger partial charge is 0.298 e. The second-order valence-electron chi connectivity index (χ2n) is 2.80. The summed E-state index contributed by atoms with van der Waals surface area (Å²) in [6.45, 7) is 0. The molecule has 1 aromatic carbocycles. The monoisotopic (exact) mass is 274 g/mol. The average Bonchev–Trinajstić information content (AvgIpc) is 2.25. The van der Waals surface area contributed by atoms with Gasteiger partial charge in [0.05, 0.1) is 9.82 Å². The second kappa shape index (κ2) is 4.48. The summed E-state index contributed by atoms with van der Waals surface area (Å²) >= 11 is 0. The third kappa shape index (κ3) is 2.41. The maximum Gasteiger partial charge on any atom is 0.298 e. The fourth-order valence-electron chi connectivity index (χ4n) is 1.20.